The Morgan fingerprint density at radius 1 is 1.10 bits per heavy atom. The van der Waals surface area contributed by atoms with Gasteiger partial charge in [-0.2, -0.15) is 0 Å². The van der Waals surface area contributed by atoms with Gasteiger partial charge in [0.1, 0.15) is 5.82 Å². The van der Waals surface area contributed by atoms with Crippen LogP contribution in [-0.2, 0) is 17.9 Å². The number of hydrogen-bond donors (Lipinski definition) is 3. The highest BCUT2D eigenvalue weighted by Crippen LogP contribution is 2.23. The molecule has 0 spiro atoms. The number of fused-ring (bicyclic) bond motifs is 2. The van der Waals surface area contributed by atoms with E-state index in [0.29, 0.717) is 6.54 Å². The number of carbonyl (C=O) groups excluding carboxylic acids is 1. The largest absolute Gasteiger partial charge is 0.361 e. The molecule has 2 aromatic carbocycles. The number of aromatic amines is 2. The summed E-state index contributed by atoms with van der Waals surface area (Å²) >= 11 is 0. The van der Waals surface area contributed by atoms with Gasteiger partial charge in [-0.25, -0.2) is 4.39 Å². The van der Waals surface area contributed by atoms with E-state index in [4.69, 9.17) is 0 Å². The highest BCUT2D eigenvalue weighted by atomic mass is 19.1. The van der Waals surface area contributed by atoms with Gasteiger partial charge in [0.05, 0.1) is 6.54 Å². The maximum Gasteiger partial charge on any atom is 0.223 e. The van der Waals surface area contributed by atoms with Crippen molar-refractivity contribution < 1.29 is 9.18 Å². The summed E-state index contributed by atoms with van der Waals surface area (Å²) in [5.74, 6) is -0.103. The van der Waals surface area contributed by atoms with E-state index in [0.717, 1.165) is 49.1 Å². The van der Waals surface area contributed by atoms with E-state index in [9.17, 15) is 9.18 Å². The summed E-state index contributed by atoms with van der Waals surface area (Å²) in [6.07, 6.45) is 3.83. The first-order chi connectivity index (χ1) is 14.7. The van der Waals surface area contributed by atoms with Crippen LogP contribution in [0.1, 0.15) is 24.1 Å². The summed E-state index contributed by atoms with van der Waals surface area (Å²) in [6, 6.07) is 14.9. The number of halogens is 1. The molecule has 1 aliphatic rings. The van der Waals surface area contributed by atoms with E-state index < -0.39 is 0 Å². The lowest BCUT2D eigenvalue weighted by molar-refractivity contribution is -0.126. The Morgan fingerprint density at radius 2 is 1.93 bits per heavy atom. The molecule has 3 N–H and O–H groups in total. The van der Waals surface area contributed by atoms with Gasteiger partial charge in [-0.05, 0) is 61.8 Å². The first kappa shape index (κ1) is 18.9. The van der Waals surface area contributed by atoms with Gasteiger partial charge >= 0.3 is 0 Å². The highest BCUT2D eigenvalue weighted by molar-refractivity contribution is 5.83. The Hall–Kier alpha value is -3.12. The maximum absolute atomic E-state index is 13.3. The number of para-hydroxylation sites is 1. The zero-order valence-electron chi connectivity index (χ0n) is 16.7. The third-order valence-electron chi connectivity index (χ3n) is 6.12. The minimum absolute atomic E-state index is 0.0473. The van der Waals surface area contributed by atoms with E-state index in [1.54, 1.807) is 6.07 Å². The van der Waals surface area contributed by atoms with Crippen molar-refractivity contribution in [3.05, 3.63) is 71.8 Å². The van der Waals surface area contributed by atoms with Gasteiger partial charge in [0, 0.05) is 46.2 Å². The van der Waals surface area contributed by atoms with Crippen LogP contribution in [0, 0.1) is 11.7 Å². The molecule has 0 radical (unpaired) electrons. The number of H-pyrrole nitrogens is 2. The molecule has 6 heteroatoms. The Bertz CT molecular complexity index is 1190. The van der Waals surface area contributed by atoms with Crippen LogP contribution in [0.5, 0.6) is 0 Å². The molecule has 1 aliphatic heterocycles. The van der Waals surface area contributed by atoms with Crippen molar-refractivity contribution in [2.24, 2.45) is 5.92 Å². The number of hydrogen-bond acceptors (Lipinski definition) is 2. The Morgan fingerprint density at radius 3 is 2.80 bits per heavy atom. The summed E-state index contributed by atoms with van der Waals surface area (Å²) in [5.41, 5.74) is 4.25. The molecule has 0 unspecified atom stereocenters. The predicted octanol–water partition coefficient (Wildman–Crippen LogP) is 4.32. The maximum atomic E-state index is 13.3. The second-order valence-corrected chi connectivity index (χ2v) is 8.15. The Balaban J connectivity index is 1.13. The molecule has 1 fully saturated rings. The number of nitrogens with zero attached hydrogens (tertiary/aromatic N) is 1. The van der Waals surface area contributed by atoms with Crippen LogP contribution in [0.25, 0.3) is 21.8 Å². The normalized spacial score (nSPS) is 15.8. The number of amides is 1. The van der Waals surface area contributed by atoms with Crippen LogP contribution in [0.15, 0.2) is 54.7 Å². The summed E-state index contributed by atoms with van der Waals surface area (Å²) in [5, 5.41) is 5.14. The van der Waals surface area contributed by atoms with E-state index >= 15 is 0 Å². The minimum atomic E-state index is -0.253. The van der Waals surface area contributed by atoms with Gasteiger partial charge in [0.2, 0.25) is 5.91 Å². The lowest BCUT2D eigenvalue weighted by Crippen LogP contribution is -2.40. The van der Waals surface area contributed by atoms with Crippen LogP contribution in [0.2, 0.25) is 0 Å². The fraction of sp³-hybridized carbons (Fsp3) is 0.292. The van der Waals surface area contributed by atoms with Gasteiger partial charge < -0.3 is 15.3 Å². The van der Waals surface area contributed by atoms with Crippen molar-refractivity contribution in [3.63, 3.8) is 0 Å². The summed E-state index contributed by atoms with van der Waals surface area (Å²) in [7, 11) is 0. The predicted molar refractivity (Wildman–Crippen MR) is 116 cm³/mol. The average Bonchev–Trinajstić information content (AvgIpc) is 3.36. The number of aromatic nitrogens is 2. The smallest absolute Gasteiger partial charge is 0.223 e. The summed E-state index contributed by atoms with van der Waals surface area (Å²) < 4.78 is 13.3. The standard InChI is InChI=1S/C24H25FN4O/c25-19-5-6-22-17(11-19)12-20(28-22)14-27-24(30)16-7-9-29(10-8-16)15-18-13-26-23-4-2-1-3-21(18)23/h1-6,11-13,16,26,28H,7-10,14-15H2,(H,27,30). The van der Waals surface area contributed by atoms with Gasteiger partial charge in [-0.15, -0.1) is 0 Å². The van der Waals surface area contributed by atoms with E-state index in [1.165, 1.54) is 28.6 Å². The van der Waals surface area contributed by atoms with Crippen LogP contribution in [-0.4, -0.2) is 33.9 Å². The zero-order chi connectivity index (χ0) is 20.5. The molecule has 2 aromatic heterocycles. The van der Waals surface area contributed by atoms with E-state index in [-0.39, 0.29) is 17.6 Å². The number of rotatable bonds is 5. The van der Waals surface area contributed by atoms with Gasteiger partial charge in [-0.3, -0.25) is 9.69 Å². The average molecular weight is 404 g/mol. The number of carbonyl (C=O) groups is 1. The van der Waals surface area contributed by atoms with Crippen molar-refractivity contribution in [1.29, 1.82) is 0 Å². The third kappa shape index (κ3) is 3.83. The molecule has 0 atom stereocenters. The Labute approximate surface area is 174 Å². The summed E-state index contributed by atoms with van der Waals surface area (Å²) in [4.78, 5) is 21.6. The van der Waals surface area contributed by atoms with Gasteiger partial charge in [-0.1, -0.05) is 18.2 Å². The molecule has 0 saturated carbocycles. The molecular weight excluding hydrogens is 379 g/mol. The van der Waals surface area contributed by atoms with Crippen LogP contribution >= 0.6 is 0 Å². The van der Waals surface area contributed by atoms with Crippen LogP contribution in [0.3, 0.4) is 0 Å². The topological polar surface area (TPSA) is 63.9 Å². The molecule has 1 saturated heterocycles. The molecule has 5 rings (SSSR count). The van der Waals surface area contributed by atoms with Crippen LogP contribution in [0.4, 0.5) is 4.39 Å². The molecule has 5 nitrogen and oxygen atoms in total. The number of benzene rings is 2. The fourth-order valence-corrected chi connectivity index (χ4v) is 4.44. The first-order valence-corrected chi connectivity index (χ1v) is 10.5. The van der Waals surface area contributed by atoms with E-state index in [1.807, 2.05) is 12.1 Å². The number of nitrogens with one attached hydrogen (secondary N) is 3. The lowest BCUT2D eigenvalue weighted by Gasteiger charge is -2.31. The van der Waals surface area contributed by atoms with Crippen molar-refractivity contribution in [2.75, 3.05) is 13.1 Å². The molecule has 4 aromatic rings. The quantitative estimate of drug-likeness (QED) is 0.464. The molecule has 0 bridgehead atoms. The molecular formula is C24H25FN4O. The van der Waals surface area contributed by atoms with E-state index in [2.05, 4.69) is 44.6 Å². The van der Waals surface area contributed by atoms with Crippen molar-refractivity contribution in [3.8, 4) is 0 Å². The zero-order valence-corrected chi connectivity index (χ0v) is 16.7. The monoisotopic (exact) mass is 404 g/mol. The van der Waals surface area contributed by atoms with Gasteiger partial charge in [0.15, 0.2) is 0 Å². The molecule has 30 heavy (non-hydrogen) atoms. The molecule has 0 aliphatic carbocycles. The second kappa shape index (κ2) is 7.95. The second-order valence-electron chi connectivity index (χ2n) is 8.15. The first-order valence-electron chi connectivity index (χ1n) is 10.5. The summed E-state index contributed by atoms with van der Waals surface area (Å²) in [6.45, 7) is 3.18. The van der Waals surface area contributed by atoms with Crippen molar-refractivity contribution in [2.45, 2.75) is 25.9 Å². The van der Waals surface area contributed by atoms with Crippen LogP contribution < -0.4 is 5.32 Å². The number of likely N-dealkylation sites (tertiary alicyclic amines) is 1. The molecule has 3 heterocycles. The fourth-order valence-electron chi connectivity index (χ4n) is 4.44. The molecule has 154 valence electrons. The highest BCUT2D eigenvalue weighted by Gasteiger charge is 2.25. The Kier molecular flexibility index (Phi) is 5.01. The molecule has 1 amide bonds. The minimum Gasteiger partial charge on any atom is -0.361 e. The lowest BCUT2D eigenvalue weighted by atomic mass is 9.95. The SMILES string of the molecule is O=C(NCc1cc2cc(F)ccc2[nH]1)C1CCN(Cc2c[nH]c3ccccc23)CC1. The van der Waals surface area contributed by atoms with Gasteiger partial charge in [0.25, 0.3) is 0 Å². The number of piperidine rings is 1. The van der Waals surface area contributed by atoms with Crippen molar-refractivity contribution in [1.82, 2.24) is 20.2 Å². The third-order valence-corrected chi connectivity index (χ3v) is 6.12. The van der Waals surface area contributed by atoms with Crippen molar-refractivity contribution >= 4 is 27.7 Å².